The fourth-order valence-corrected chi connectivity index (χ4v) is 2.79. The molecule has 1 atom stereocenters. The predicted molar refractivity (Wildman–Crippen MR) is 74.2 cm³/mol. The van der Waals surface area contributed by atoms with Crippen molar-refractivity contribution in [3.05, 3.63) is 0 Å². The van der Waals surface area contributed by atoms with Crippen LogP contribution < -0.4 is 5.32 Å². The highest BCUT2D eigenvalue weighted by molar-refractivity contribution is 4.72. The lowest BCUT2D eigenvalue weighted by molar-refractivity contribution is 0.0572. The molecule has 0 aromatic carbocycles. The van der Waals surface area contributed by atoms with Gasteiger partial charge >= 0.3 is 0 Å². The van der Waals surface area contributed by atoms with Crippen LogP contribution >= 0.6 is 0 Å². The lowest BCUT2D eigenvalue weighted by atomic mass is 9.84. The van der Waals surface area contributed by atoms with Gasteiger partial charge in [0.2, 0.25) is 0 Å². The first-order valence-electron chi connectivity index (χ1n) is 7.39. The van der Waals surface area contributed by atoms with Gasteiger partial charge in [-0.3, -0.25) is 0 Å². The zero-order valence-corrected chi connectivity index (χ0v) is 12.2. The Labute approximate surface area is 108 Å². The molecule has 1 unspecified atom stereocenters. The molecule has 0 spiro atoms. The zero-order valence-electron chi connectivity index (χ0n) is 12.2. The molecule has 1 saturated heterocycles. The van der Waals surface area contributed by atoms with Crippen molar-refractivity contribution >= 4 is 0 Å². The minimum absolute atomic E-state index is 0.611. The van der Waals surface area contributed by atoms with E-state index in [1.54, 1.807) is 0 Å². The highest BCUT2D eigenvalue weighted by atomic mass is 16.5. The molecular weight excluding hydrogens is 210 g/mol. The van der Waals surface area contributed by atoms with Gasteiger partial charge in [0.25, 0.3) is 0 Å². The van der Waals surface area contributed by atoms with Crippen LogP contribution in [0.4, 0.5) is 0 Å². The summed E-state index contributed by atoms with van der Waals surface area (Å²) in [5, 5.41) is 3.61. The van der Waals surface area contributed by atoms with Crippen molar-refractivity contribution in [2.24, 2.45) is 17.8 Å². The van der Waals surface area contributed by atoms with E-state index in [1.807, 2.05) is 0 Å². The molecule has 0 aliphatic carbocycles. The van der Waals surface area contributed by atoms with Crippen molar-refractivity contribution in [1.82, 2.24) is 5.32 Å². The highest BCUT2D eigenvalue weighted by Gasteiger charge is 2.20. The van der Waals surface area contributed by atoms with Gasteiger partial charge in [-0.2, -0.15) is 0 Å². The van der Waals surface area contributed by atoms with Crippen LogP contribution in [0.2, 0.25) is 0 Å². The van der Waals surface area contributed by atoms with E-state index in [-0.39, 0.29) is 0 Å². The summed E-state index contributed by atoms with van der Waals surface area (Å²) >= 11 is 0. The molecule has 1 N–H and O–H groups in total. The van der Waals surface area contributed by atoms with Crippen molar-refractivity contribution in [2.45, 2.75) is 59.4 Å². The normalized spacial score (nSPS) is 20.1. The van der Waals surface area contributed by atoms with Gasteiger partial charge in [-0.1, -0.05) is 27.7 Å². The fourth-order valence-electron chi connectivity index (χ4n) is 2.79. The third-order valence-corrected chi connectivity index (χ3v) is 3.63. The summed E-state index contributed by atoms with van der Waals surface area (Å²) in [6, 6.07) is 0.611. The van der Waals surface area contributed by atoms with E-state index in [0.717, 1.165) is 31.0 Å². The summed E-state index contributed by atoms with van der Waals surface area (Å²) in [7, 11) is 0. The number of rotatable bonds is 7. The predicted octanol–water partition coefficient (Wildman–Crippen LogP) is 3.46. The molecule has 1 heterocycles. The number of nitrogens with one attached hydrogen (secondary N) is 1. The third-order valence-electron chi connectivity index (χ3n) is 3.63. The van der Waals surface area contributed by atoms with E-state index in [2.05, 4.69) is 33.0 Å². The molecule has 2 nitrogen and oxygen atoms in total. The molecule has 1 aliphatic heterocycles. The second kappa shape index (κ2) is 8.10. The minimum atomic E-state index is 0.611. The zero-order chi connectivity index (χ0) is 12.7. The SMILES string of the molecule is CC(C)CC(CNC(C)C)CC1CCOCC1. The van der Waals surface area contributed by atoms with E-state index >= 15 is 0 Å². The average Bonchev–Trinajstić information content (AvgIpc) is 2.26. The Balaban J connectivity index is 2.32. The summed E-state index contributed by atoms with van der Waals surface area (Å²) in [5.41, 5.74) is 0. The highest BCUT2D eigenvalue weighted by Crippen LogP contribution is 2.26. The van der Waals surface area contributed by atoms with Crippen molar-refractivity contribution in [3.63, 3.8) is 0 Å². The first-order chi connectivity index (χ1) is 8.08. The molecule has 17 heavy (non-hydrogen) atoms. The van der Waals surface area contributed by atoms with Crippen LogP contribution in [0.5, 0.6) is 0 Å². The lowest BCUT2D eigenvalue weighted by Crippen LogP contribution is -2.31. The number of ether oxygens (including phenoxy) is 1. The Morgan fingerprint density at radius 2 is 1.76 bits per heavy atom. The van der Waals surface area contributed by atoms with Gasteiger partial charge in [-0.15, -0.1) is 0 Å². The second-order valence-electron chi connectivity index (χ2n) is 6.35. The van der Waals surface area contributed by atoms with E-state index < -0.39 is 0 Å². The van der Waals surface area contributed by atoms with Crippen molar-refractivity contribution < 1.29 is 4.74 Å². The molecule has 1 fully saturated rings. The van der Waals surface area contributed by atoms with Gasteiger partial charge in [0, 0.05) is 19.3 Å². The van der Waals surface area contributed by atoms with Gasteiger partial charge in [0.1, 0.15) is 0 Å². The topological polar surface area (TPSA) is 21.3 Å². The second-order valence-corrected chi connectivity index (χ2v) is 6.35. The van der Waals surface area contributed by atoms with Crippen molar-refractivity contribution in [3.8, 4) is 0 Å². The first-order valence-corrected chi connectivity index (χ1v) is 7.39. The Morgan fingerprint density at radius 1 is 1.12 bits per heavy atom. The molecule has 0 aromatic heterocycles. The van der Waals surface area contributed by atoms with Gasteiger partial charge in [-0.25, -0.2) is 0 Å². The number of hydrogen-bond donors (Lipinski definition) is 1. The molecule has 0 radical (unpaired) electrons. The first kappa shape index (κ1) is 15.0. The van der Waals surface area contributed by atoms with Crippen LogP contribution in [0.25, 0.3) is 0 Å². The maximum atomic E-state index is 5.44. The van der Waals surface area contributed by atoms with Crippen LogP contribution in [0, 0.1) is 17.8 Å². The van der Waals surface area contributed by atoms with Crippen LogP contribution in [0.3, 0.4) is 0 Å². The third kappa shape index (κ3) is 7.05. The molecular formula is C15H31NO. The van der Waals surface area contributed by atoms with E-state index in [0.29, 0.717) is 6.04 Å². The number of hydrogen-bond acceptors (Lipinski definition) is 2. The smallest absolute Gasteiger partial charge is 0.0468 e. The Bertz CT molecular complexity index is 185. The molecule has 0 saturated carbocycles. The molecule has 102 valence electrons. The minimum Gasteiger partial charge on any atom is -0.381 e. The maximum absolute atomic E-state index is 5.44. The Kier molecular flexibility index (Phi) is 7.14. The van der Waals surface area contributed by atoms with Gasteiger partial charge in [0.15, 0.2) is 0 Å². The summed E-state index contributed by atoms with van der Waals surface area (Å²) in [6.07, 6.45) is 5.30. The van der Waals surface area contributed by atoms with E-state index in [1.165, 1.54) is 32.2 Å². The summed E-state index contributed by atoms with van der Waals surface area (Å²) < 4.78 is 5.44. The monoisotopic (exact) mass is 241 g/mol. The fraction of sp³-hybridized carbons (Fsp3) is 1.00. The molecule has 2 heteroatoms. The van der Waals surface area contributed by atoms with Gasteiger partial charge < -0.3 is 10.1 Å². The Hall–Kier alpha value is -0.0800. The van der Waals surface area contributed by atoms with Gasteiger partial charge in [-0.05, 0) is 50.0 Å². The summed E-state index contributed by atoms with van der Waals surface area (Å²) in [5.74, 6) is 2.57. The van der Waals surface area contributed by atoms with Crippen molar-refractivity contribution in [1.29, 1.82) is 0 Å². The maximum Gasteiger partial charge on any atom is 0.0468 e. The van der Waals surface area contributed by atoms with Gasteiger partial charge in [0.05, 0.1) is 0 Å². The van der Waals surface area contributed by atoms with E-state index in [9.17, 15) is 0 Å². The van der Waals surface area contributed by atoms with E-state index in [4.69, 9.17) is 4.74 Å². The molecule has 0 aromatic rings. The van der Waals surface area contributed by atoms with Crippen LogP contribution in [0.1, 0.15) is 53.4 Å². The van der Waals surface area contributed by atoms with Crippen molar-refractivity contribution in [2.75, 3.05) is 19.8 Å². The summed E-state index contributed by atoms with van der Waals surface area (Å²) in [4.78, 5) is 0. The molecule has 1 aliphatic rings. The summed E-state index contributed by atoms with van der Waals surface area (Å²) in [6.45, 7) is 12.3. The standard InChI is InChI=1S/C15H31NO/c1-12(2)9-15(11-16-13(3)4)10-14-5-7-17-8-6-14/h12-16H,5-11H2,1-4H3. The van der Waals surface area contributed by atoms with Crippen LogP contribution in [-0.2, 0) is 4.74 Å². The molecule has 0 bridgehead atoms. The average molecular weight is 241 g/mol. The van der Waals surface area contributed by atoms with Crippen LogP contribution in [0.15, 0.2) is 0 Å². The Morgan fingerprint density at radius 3 is 2.29 bits per heavy atom. The quantitative estimate of drug-likeness (QED) is 0.737. The lowest BCUT2D eigenvalue weighted by Gasteiger charge is -2.28. The molecule has 1 rings (SSSR count). The van der Waals surface area contributed by atoms with Crippen LogP contribution in [-0.4, -0.2) is 25.8 Å². The largest absolute Gasteiger partial charge is 0.381 e. The molecule has 0 amide bonds.